The zero-order chi connectivity index (χ0) is 49.0. The van der Waals surface area contributed by atoms with Crippen LogP contribution in [-0.4, -0.2) is 15.0 Å². The Hall–Kier alpha value is -8.21. The molecule has 0 saturated heterocycles. The number of aromatic nitrogens is 3. The molecule has 358 valence electrons. The molecule has 9 aromatic carbocycles. The van der Waals surface area contributed by atoms with E-state index in [1.54, 1.807) is 16.7 Å². The number of nitrogens with zero attached hydrogens (tertiary/aromatic N) is 3. The Morgan fingerprint density at radius 2 is 0.787 bits per heavy atom. The molecule has 7 atom stereocenters. The Morgan fingerprint density at radius 3 is 1.37 bits per heavy atom. The Balaban J connectivity index is 0.964. The first-order valence-electron chi connectivity index (χ1n) is 27.4. The van der Waals surface area contributed by atoms with Gasteiger partial charge in [-0.05, 0) is 148 Å². The normalized spacial score (nSPS) is 25.1. The third kappa shape index (κ3) is 5.75. The molecule has 2 heterocycles. The quantitative estimate of drug-likeness (QED) is 0.176. The Kier molecular flexibility index (Phi) is 8.68. The highest BCUT2D eigenvalue weighted by Gasteiger charge is 2.71. The van der Waals surface area contributed by atoms with Gasteiger partial charge in [0.25, 0.3) is 0 Å². The summed E-state index contributed by atoms with van der Waals surface area (Å²) in [6.07, 6.45) is 7.89. The van der Waals surface area contributed by atoms with Gasteiger partial charge in [0.05, 0.1) is 0 Å². The lowest BCUT2D eigenvalue weighted by Crippen LogP contribution is -2.64. The van der Waals surface area contributed by atoms with Crippen LogP contribution in [0.25, 0.3) is 89.5 Å². The van der Waals surface area contributed by atoms with Gasteiger partial charge in [-0.3, -0.25) is 0 Å². The molecule has 3 saturated carbocycles. The van der Waals surface area contributed by atoms with Gasteiger partial charge in [-0.1, -0.05) is 200 Å². The van der Waals surface area contributed by atoms with Gasteiger partial charge >= 0.3 is 0 Å². The Labute approximate surface area is 437 Å². The van der Waals surface area contributed by atoms with Crippen LogP contribution < -0.4 is 0 Å². The van der Waals surface area contributed by atoms with Crippen molar-refractivity contribution in [3.8, 4) is 67.5 Å². The molecule has 6 aliphatic rings. The molecule has 17 rings (SSSR count). The number of fused-ring (bicyclic) bond motifs is 13. The number of benzene rings is 9. The molecule has 6 aliphatic carbocycles. The predicted molar refractivity (Wildman–Crippen MR) is 302 cm³/mol. The summed E-state index contributed by atoms with van der Waals surface area (Å²) in [5.41, 5.74) is 22.0. The Bertz CT molecular complexity index is 4100. The minimum absolute atomic E-state index is 0.144. The summed E-state index contributed by atoms with van der Waals surface area (Å²) in [6.45, 7) is 0. The van der Waals surface area contributed by atoms with Gasteiger partial charge in [-0.15, -0.1) is 0 Å². The first-order valence-corrected chi connectivity index (χ1v) is 27.4. The minimum Gasteiger partial charge on any atom is -0.456 e. The summed E-state index contributed by atoms with van der Waals surface area (Å²) in [5.74, 6) is 3.42. The summed E-state index contributed by atoms with van der Waals surface area (Å²) < 4.78 is 7.17. The number of rotatable bonds is 4. The van der Waals surface area contributed by atoms with E-state index in [-0.39, 0.29) is 16.2 Å². The molecule has 4 heteroatoms. The van der Waals surface area contributed by atoms with Crippen LogP contribution in [0.4, 0.5) is 0 Å². The maximum Gasteiger partial charge on any atom is 0.164 e. The molecule has 11 aromatic rings. The zero-order valence-corrected chi connectivity index (χ0v) is 41.7. The van der Waals surface area contributed by atoms with Crippen LogP contribution in [0.15, 0.2) is 217 Å². The molecule has 2 aromatic heterocycles. The highest BCUT2D eigenvalue weighted by Crippen LogP contribution is 2.78. The van der Waals surface area contributed by atoms with Gasteiger partial charge in [-0.2, -0.15) is 0 Å². The van der Waals surface area contributed by atoms with Gasteiger partial charge in [0.15, 0.2) is 17.5 Å². The van der Waals surface area contributed by atoms with Crippen molar-refractivity contribution < 1.29 is 4.42 Å². The van der Waals surface area contributed by atoms with E-state index in [9.17, 15) is 0 Å². The lowest BCUT2D eigenvalue weighted by atomic mass is 9.36. The fourth-order valence-corrected chi connectivity index (χ4v) is 17.6. The number of hydrogen-bond donors (Lipinski definition) is 0. The van der Waals surface area contributed by atoms with Crippen LogP contribution in [0.5, 0.6) is 0 Å². The SMILES string of the molecule is c1ccc(-c2nc(-c3ccccc3)nc(-c3ccc(-c4ccc5oc6cccc7c6c5c4C45CCC7CC67CC(CC8(CC(C4)c4ccccc4-c4ccccc48)C65)c4ccccc4-c4ccccc47)cc3)n2)cc1. The van der Waals surface area contributed by atoms with Crippen molar-refractivity contribution in [3.63, 3.8) is 0 Å². The topological polar surface area (TPSA) is 51.8 Å². The van der Waals surface area contributed by atoms with E-state index < -0.39 is 0 Å². The highest BCUT2D eigenvalue weighted by molar-refractivity contribution is 6.11. The molecule has 0 aliphatic heterocycles. The maximum absolute atomic E-state index is 7.17. The molecule has 0 radical (unpaired) electrons. The lowest BCUT2D eigenvalue weighted by molar-refractivity contribution is -0.0405. The fourth-order valence-electron chi connectivity index (χ4n) is 17.6. The van der Waals surface area contributed by atoms with Crippen molar-refractivity contribution in [3.05, 3.63) is 246 Å². The molecule has 7 unspecified atom stereocenters. The van der Waals surface area contributed by atoms with Crippen LogP contribution >= 0.6 is 0 Å². The van der Waals surface area contributed by atoms with Gasteiger partial charge in [0.1, 0.15) is 11.2 Å². The van der Waals surface area contributed by atoms with Gasteiger partial charge < -0.3 is 4.42 Å². The summed E-state index contributed by atoms with van der Waals surface area (Å²) in [4.78, 5) is 15.4. The monoisotopic (exact) mass is 963 g/mol. The largest absolute Gasteiger partial charge is 0.456 e. The van der Waals surface area contributed by atoms with E-state index in [1.165, 1.54) is 60.8 Å². The first-order chi connectivity index (χ1) is 37.1. The van der Waals surface area contributed by atoms with Gasteiger partial charge in [0.2, 0.25) is 0 Å². The molecule has 3 spiro atoms. The summed E-state index contributed by atoms with van der Waals surface area (Å²) >= 11 is 0. The second-order valence-electron chi connectivity index (χ2n) is 23.1. The van der Waals surface area contributed by atoms with Crippen LogP contribution in [0.2, 0.25) is 0 Å². The van der Waals surface area contributed by atoms with E-state index in [1.807, 2.05) is 36.4 Å². The van der Waals surface area contributed by atoms with Crippen molar-refractivity contribution >= 4 is 21.9 Å². The van der Waals surface area contributed by atoms with Crippen molar-refractivity contribution in [1.29, 1.82) is 0 Å². The third-order valence-corrected chi connectivity index (χ3v) is 19.7. The van der Waals surface area contributed by atoms with Crippen molar-refractivity contribution in [2.75, 3.05) is 0 Å². The van der Waals surface area contributed by atoms with E-state index in [0.717, 1.165) is 72.8 Å². The Morgan fingerprint density at radius 1 is 0.333 bits per heavy atom. The van der Waals surface area contributed by atoms with Crippen LogP contribution in [0.1, 0.15) is 96.1 Å². The molecular formula is C71H53N3O. The lowest BCUT2D eigenvalue weighted by Gasteiger charge is -2.67. The van der Waals surface area contributed by atoms with Crippen LogP contribution in [0, 0.1) is 5.92 Å². The van der Waals surface area contributed by atoms with E-state index >= 15 is 0 Å². The summed E-state index contributed by atoms with van der Waals surface area (Å²) in [7, 11) is 0. The van der Waals surface area contributed by atoms with Gasteiger partial charge in [-0.25, -0.2) is 15.0 Å². The number of furan rings is 1. The third-order valence-electron chi connectivity index (χ3n) is 19.7. The molecule has 6 bridgehead atoms. The minimum atomic E-state index is -0.238. The fraction of sp³-hybridized carbons (Fsp3) is 0.197. The van der Waals surface area contributed by atoms with Crippen LogP contribution in [0.3, 0.4) is 0 Å². The van der Waals surface area contributed by atoms with E-state index in [0.29, 0.717) is 41.1 Å². The standard InChI is InChI=1S/C71H53N3O/c1-3-16-44(17-4-1)65-72-66(45-18-5-2-6-19-45)74-67(73-65)46-32-30-43(31-33-46)53-34-35-61-63-62-52(26-15-29-60(62)75-61)47-36-37-69(64(53)63)39-48-40-71(59-28-14-12-25-57(59)54-22-9-7-20-50(48)54)42-49-41-70(38-47,68(69)71)58-27-13-11-24-56(58)55-23-10-8-21-51(49)55/h1-35,47-49,68H,36-42H2. The van der Waals surface area contributed by atoms with E-state index in [4.69, 9.17) is 19.4 Å². The maximum atomic E-state index is 7.17. The van der Waals surface area contributed by atoms with Crippen molar-refractivity contribution in [2.24, 2.45) is 5.92 Å². The second kappa shape index (κ2) is 15.4. The summed E-state index contributed by atoms with van der Waals surface area (Å²) in [6, 6.07) is 80.2. The average molecular weight is 964 g/mol. The molecule has 0 amide bonds. The molecule has 0 N–H and O–H groups in total. The molecule has 75 heavy (non-hydrogen) atoms. The smallest absolute Gasteiger partial charge is 0.164 e. The van der Waals surface area contributed by atoms with E-state index in [2.05, 4.69) is 176 Å². The molecule has 3 fully saturated rings. The second-order valence-corrected chi connectivity index (χ2v) is 23.1. The molecule has 4 nitrogen and oxygen atoms in total. The van der Waals surface area contributed by atoms with Crippen molar-refractivity contribution in [2.45, 2.75) is 78.9 Å². The highest BCUT2D eigenvalue weighted by atomic mass is 16.3. The first kappa shape index (κ1) is 42.2. The predicted octanol–water partition coefficient (Wildman–Crippen LogP) is 17.6. The zero-order valence-electron chi connectivity index (χ0n) is 41.7. The van der Waals surface area contributed by atoms with Gasteiger partial charge in [0, 0.05) is 43.7 Å². The average Bonchev–Trinajstić information content (AvgIpc) is 3.74. The van der Waals surface area contributed by atoms with Crippen molar-refractivity contribution in [1.82, 2.24) is 15.0 Å². The number of hydrogen-bond acceptors (Lipinski definition) is 4. The molecular weight excluding hydrogens is 911 g/mol. The van der Waals surface area contributed by atoms with Crippen LogP contribution in [-0.2, 0) is 16.2 Å². The summed E-state index contributed by atoms with van der Waals surface area (Å²) in [5, 5.41) is 2.70.